The van der Waals surface area contributed by atoms with E-state index in [0.29, 0.717) is 10.0 Å². The topological polar surface area (TPSA) is 140 Å². The maximum Gasteiger partial charge on any atom is 0.343 e. The van der Waals surface area contributed by atoms with E-state index in [2.05, 4.69) is 15.2 Å². The van der Waals surface area contributed by atoms with E-state index in [1.807, 2.05) is 0 Å². The van der Waals surface area contributed by atoms with Gasteiger partial charge in [-0.2, -0.15) is 5.10 Å². The Kier molecular flexibility index (Phi) is 10.0. The molecule has 0 aromatic heterocycles. The molecular formula is C29H21Cl2N3O7S. The molecule has 0 aliphatic rings. The zero-order chi connectivity index (χ0) is 30.1. The summed E-state index contributed by atoms with van der Waals surface area (Å²) in [5.41, 5.74) is 2.87. The van der Waals surface area contributed by atoms with Gasteiger partial charge in [0.05, 0.1) is 28.8 Å². The van der Waals surface area contributed by atoms with Crippen LogP contribution in [0.25, 0.3) is 0 Å². The van der Waals surface area contributed by atoms with Crippen molar-refractivity contribution in [1.82, 2.24) is 10.1 Å². The number of hydrogen-bond acceptors (Lipinski definition) is 8. The van der Waals surface area contributed by atoms with Crippen molar-refractivity contribution in [3.8, 4) is 11.5 Å². The summed E-state index contributed by atoms with van der Waals surface area (Å²) in [6.45, 7) is -0.577. The van der Waals surface area contributed by atoms with Crippen molar-refractivity contribution in [3.05, 3.63) is 124 Å². The van der Waals surface area contributed by atoms with Gasteiger partial charge in [0.2, 0.25) is 10.0 Å². The Labute approximate surface area is 250 Å². The zero-order valence-corrected chi connectivity index (χ0v) is 23.8. The van der Waals surface area contributed by atoms with Crippen molar-refractivity contribution in [3.63, 3.8) is 0 Å². The van der Waals surface area contributed by atoms with E-state index >= 15 is 0 Å². The normalized spacial score (nSPS) is 11.2. The molecule has 13 heteroatoms. The molecule has 4 aromatic carbocycles. The number of nitrogens with one attached hydrogen (secondary N) is 2. The highest BCUT2D eigenvalue weighted by Gasteiger charge is 2.16. The van der Waals surface area contributed by atoms with Crippen molar-refractivity contribution in [1.29, 1.82) is 0 Å². The van der Waals surface area contributed by atoms with Gasteiger partial charge < -0.3 is 9.47 Å². The SMILES string of the molecule is O=C(CNS(=O)(=O)c1ccccc1)NN=Cc1ccc(OC(=O)c2ccc(Cl)cc2)cc1OC(=O)c1ccc(Cl)cc1. The van der Waals surface area contributed by atoms with Crippen molar-refractivity contribution in [2.75, 3.05) is 6.54 Å². The Hall–Kier alpha value is -4.55. The summed E-state index contributed by atoms with van der Waals surface area (Å²) >= 11 is 11.8. The third-order valence-electron chi connectivity index (χ3n) is 5.43. The fourth-order valence-electron chi connectivity index (χ4n) is 3.33. The lowest BCUT2D eigenvalue weighted by atomic mass is 10.2. The molecule has 0 atom stereocenters. The van der Waals surface area contributed by atoms with Gasteiger partial charge in [-0.15, -0.1) is 0 Å². The Bertz CT molecular complexity index is 1730. The van der Waals surface area contributed by atoms with Crippen LogP contribution in [0.15, 0.2) is 107 Å². The van der Waals surface area contributed by atoms with E-state index in [-0.39, 0.29) is 33.1 Å². The lowest BCUT2D eigenvalue weighted by Gasteiger charge is -2.11. The van der Waals surface area contributed by atoms with Crippen LogP contribution in [0.4, 0.5) is 0 Å². The van der Waals surface area contributed by atoms with Crippen LogP contribution in [0.2, 0.25) is 10.0 Å². The largest absolute Gasteiger partial charge is 0.423 e. The minimum Gasteiger partial charge on any atom is -0.423 e. The molecule has 0 saturated carbocycles. The quantitative estimate of drug-likeness (QED) is 0.111. The van der Waals surface area contributed by atoms with Gasteiger partial charge in [0, 0.05) is 21.7 Å². The maximum absolute atomic E-state index is 12.8. The standard InChI is InChI=1S/C29H21Cl2N3O7S/c30-22-11-6-19(7-12-22)28(36)40-24-15-10-21(26(16-24)41-29(37)20-8-13-23(31)14-9-20)17-32-34-27(35)18-33-42(38,39)25-4-2-1-3-5-25/h1-17,33H,18H2,(H,34,35). The summed E-state index contributed by atoms with van der Waals surface area (Å²) in [5, 5.41) is 4.70. The minimum atomic E-state index is -3.90. The van der Waals surface area contributed by atoms with Crippen LogP contribution in [-0.2, 0) is 14.8 Å². The number of carbonyl (C=O) groups is 3. The molecule has 10 nitrogen and oxygen atoms in total. The third kappa shape index (κ3) is 8.48. The summed E-state index contributed by atoms with van der Waals surface area (Å²) in [4.78, 5) is 37.5. The Morgan fingerprint density at radius 3 is 1.93 bits per heavy atom. The molecule has 42 heavy (non-hydrogen) atoms. The number of ether oxygens (including phenoxy) is 2. The number of halogens is 2. The number of benzene rings is 4. The van der Waals surface area contributed by atoms with Crippen molar-refractivity contribution in [2.45, 2.75) is 4.90 Å². The van der Waals surface area contributed by atoms with Gasteiger partial charge in [-0.05, 0) is 72.8 Å². The average molecular weight is 626 g/mol. The van der Waals surface area contributed by atoms with E-state index in [0.717, 1.165) is 0 Å². The smallest absolute Gasteiger partial charge is 0.343 e. The fraction of sp³-hybridized carbons (Fsp3) is 0.0345. The monoisotopic (exact) mass is 625 g/mol. The highest BCUT2D eigenvalue weighted by molar-refractivity contribution is 7.89. The molecule has 4 rings (SSSR count). The van der Waals surface area contributed by atoms with Gasteiger partial charge in [0.25, 0.3) is 5.91 Å². The highest BCUT2D eigenvalue weighted by atomic mass is 35.5. The summed E-state index contributed by atoms with van der Waals surface area (Å²) in [7, 11) is -3.90. The minimum absolute atomic E-state index is 0.00491. The molecule has 0 fully saturated rings. The van der Waals surface area contributed by atoms with Crippen LogP contribution in [0.1, 0.15) is 26.3 Å². The molecule has 2 N–H and O–H groups in total. The number of rotatable bonds is 10. The van der Waals surface area contributed by atoms with Crippen LogP contribution in [-0.4, -0.2) is 39.0 Å². The van der Waals surface area contributed by atoms with Gasteiger partial charge in [0.15, 0.2) is 0 Å². The number of sulfonamides is 1. The van der Waals surface area contributed by atoms with Gasteiger partial charge in [-0.3, -0.25) is 4.79 Å². The second-order valence-electron chi connectivity index (χ2n) is 8.42. The summed E-state index contributed by atoms with van der Waals surface area (Å²) in [6, 6.07) is 23.8. The van der Waals surface area contributed by atoms with Gasteiger partial charge in [-0.1, -0.05) is 41.4 Å². The van der Waals surface area contributed by atoms with Crippen LogP contribution in [0, 0.1) is 0 Å². The predicted octanol–water partition coefficient (Wildman–Crippen LogP) is 4.86. The molecule has 0 spiro atoms. The second kappa shape index (κ2) is 13.9. The number of hydrazone groups is 1. The van der Waals surface area contributed by atoms with E-state index in [9.17, 15) is 22.8 Å². The van der Waals surface area contributed by atoms with Crippen molar-refractivity contribution < 1.29 is 32.3 Å². The number of carbonyl (C=O) groups excluding carboxylic acids is 3. The lowest BCUT2D eigenvalue weighted by molar-refractivity contribution is -0.119. The fourth-order valence-corrected chi connectivity index (χ4v) is 4.58. The number of esters is 2. The van der Waals surface area contributed by atoms with Crippen molar-refractivity contribution in [2.24, 2.45) is 5.10 Å². The van der Waals surface area contributed by atoms with E-state index in [1.54, 1.807) is 18.2 Å². The molecular weight excluding hydrogens is 605 g/mol. The Balaban J connectivity index is 1.48. The molecule has 0 aliphatic carbocycles. The summed E-state index contributed by atoms with van der Waals surface area (Å²) in [5.74, 6) is -2.14. The van der Waals surface area contributed by atoms with Gasteiger partial charge in [0.1, 0.15) is 11.5 Å². The Morgan fingerprint density at radius 1 is 0.762 bits per heavy atom. The predicted molar refractivity (Wildman–Crippen MR) is 157 cm³/mol. The molecule has 0 saturated heterocycles. The second-order valence-corrected chi connectivity index (χ2v) is 11.1. The molecule has 0 heterocycles. The van der Waals surface area contributed by atoms with Crippen LogP contribution in [0.3, 0.4) is 0 Å². The first-order chi connectivity index (χ1) is 20.1. The molecule has 0 radical (unpaired) electrons. The summed E-state index contributed by atoms with van der Waals surface area (Å²) < 4.78 is 37.7. The zero-order valence-electron chi connectivity index (χ0n) is 21.5. The molecule has 4 aromatic rings. The van der Waals surface area contributed by atoms with Crippen LogP contribution >= 0.6 is 23.2 Å². The van der Waals surface area contributed by atoms with E-state index < -0.39 is 34.4 Å². The number of nitrogens with zero attached hydrogens (tertiary/aromatic N) is 1. The molecule has 1 amide bonds. The van der Waals surface area contributed by atoms with E-state index in [4.69, 9.17) is 32.7 Å². The van der Waals surface area contributed by atoms with Crippen molar-refractivity contribution >= 4 is 57.3 Å². The first-order valence-electron chi connectivity index (χ1n) is 12.1. The summed E-state index contributed by atoms with van der Waals surface area (Å²) in [6.07, 6.45) is 1.18. The first-order valence-corrected chi connectivity index (χ1v) is 14.3. The van der Waals surface area contributed by atoms with Gasteiger partial charge in [-0.25, -0.2) is 28.2 Å². The van der Waals surface area contributed by atoms with Gasteiger partial charge >= 0.3 is 11.9 Å². The third-order valence-corrected chi connectivity index (χ3v) is 7.35. The van der Waals surface area contributed by atoms with Crippen LogP contribution in [0.5, 0.6) is 11.5 Å². The van der Waals surface area contributed by atoms with E-state index in [1.165, 1.54) is 85.1 Å². The first kappa shape index (κ1) is 30.4. The number of hydrogen-bond donors (Lipinski definition) is 2. The highest BCUT2D eigenvalue weighted by Crippen LogP contribution is 2.26. The average Bonchev–Trinajstić information content (AvgIpc) is 2.98. The molecule has 214 valence electrons. The Morgan fingerprint density at radius 2 is 1.33 bits per heavy atom. The molecule has 0 bridgehead atoms. The number of amides is 1. The maximum atomic E-state index is 12.8. The van der Waals surface area contributed by atoms with Crippen LogP contribution < -0.4 is 19.6 Å². The lowest BCUT2D eigenvalue weighted by Crippen LogP contribution is -2.34. The molecule has 0 aliphatic heterocycles. The molecule has 0 unspecified atom stereocenters.